The summed E-state index contributed by atoms with van der Waals surface area (Å²) in [6.45, 7) is 9.46. The highest BCUT2D eigenvalue weighted by atomic mass is 28.2. The molecule has 11 nitrogen and oxygen atoms in total. The van der Waals surface area contributed by atoms with Gasteiger partial charge in [-0.25, -0.2) is 14.8 Å². The number of aromatic nitrogens is 4. The zero-order valence-corrected chi connectivity index (χ0v) is 26.7. The molecule has 1 atom stereocenters. The number of ether oxygens (including phenoxy) is 2. The van der Waals surface area contributed by atoms with E-state index < -0.39 is 17.7 Å². The van der Waals surface area contributed by atoms with Crippen LogP contribution in [0.2, 0.25) is 6.55 Å². The molecule has 4 aromatic rings. The molecule has 0 fully saturated rings. The number of benzene rings is 2. The summed E-state index contributed by atoms with van der Waals surface area (Å²) in [6.07, 6.45) is 4.82. The average Bonchev–Trinajstić information content (AvgIpc) is 3.39. The van der Waals surface area contributed by atoms with E-state index >= 15 is 0 Å². The van der Waals surface area contributed by atoms with Crippen LogP contribution in [-0.2, 0) is 16.6 Å². The number of rotatable bonds is 9. The minimum absolute atomic E-state index is 0.207. The smallest absolute Gasteiger partial charge is 0.408 e. The van der Waals surface area contributed by atoms with E-state index in [1.54, 1.807) is 44.8 Å². The molecule has 0 aliphatic rings. The Hall–Kier alpha value is -4.89. The minimum atomic E-state index is -0.765. The molecule has 0 spiro atoms. The normalized spacial score (nSPS) is 12.0. The van der Waals surface area contributed by atoms with E-state index in [0.717, 1.165) is 33.3 Å². The molecule has 0 saturated carbocycles. The van der Waals surface area contributed by atoms with Crippen molar-refractivity contribution in [3.63, 3.8) is 0 Å². The first-order valence-corrected chi connectivity index (χ1v) is 16.2. The molecule has 2 aromatic carbocycles. The Balaban J connectivity index is 1.43. The van der Waals surface area contributed by atoms with Crippen molar-refractivity contribution in [2.75, 3.05) is 18.5 Å². The summed E-state index contributed by atoms with van der Waals surface area (Å²) in [5.41, 5.74) is 6.86. The zero-order valence-electron chi connectivity index (χ0n) is 25.3. The number of carbonyl (C=O) groups is 2. The van der Waals surface area contributed by atoms with Crippen LogP contribution in [0.25, 0.3) is 22.0 Å². The Labute approximate surface area is 253 Å². The maximum absolute atomic E-state index is 12.4. The molecule has 0 saturated heterocycles. The lowest BCUT2D eigenvalue weighted by Gasteiger charge is -2.21. The third-order valence-electron chi connectivity index (χ3n) is 5.99. The number of alkyl carbamates (subject to hydrolysis) is 1. The van der Waals surface area contributed by atoms with Crippen molar-refractivity contribution in [1.29, 1.82) is 0 Å². The van der Waals surface area contributed by atoms with Crippen LogP contribution in [0.15, 0.2) is 55.0 Å². The zero-order chi connectivity index (χ0) is 31.0. The summed E-state index contributed by atoms with van der Waals surface area (Å²) >= 11 is 0. The van der Waals surface area contributed by atoms with Crippen molar-refractivity contribution in [2.24, 2.45) is 7.05 Å². The molecule has 0 aliphatic carbocycles. The summed E-state index contributed by atoms with van der Waals surface area (Å²) < 4.78 is 12.9. The van der Waals surface area contributed by atoms with E-state index in [1.165, 1.54) is 0 Å². The quantitative estimate of drug-likeness (QED) is 0.151. The van der Waals surface area contributed by atoms with Gasteiger partial charge >= 0.3 is 6.09 Å². The SMILES string of the molecule is C[SiH2]C#Cc1ccc2nc(Nc3cc(OCCNC(=O)C(C)NC(=O)OC(C)(C)C)cc(-c4cnn(C)c4)c3)ncc2c1. The highest BCUT2D eigenvalue weighted by Crippen LogP contribution is 2.30. The predicted octanol–water partition coefficient (Wildman–Crippen LogP) is 3.71. The molecule has 224 valence electrons. The van der Waals surface area contributed by atoms with Crippen molar-refractivity contribution < 1.29 is 19.1 Å². The van der Waals surface area contributed by atoms with Crippen LogP contribution < -0.4 is 20.7 Å². The van der Waals surface area contributed by atoms with Crippen LogP contribution in [0.1, 0.15) is 33.3 Å². The molecule has 2 heterocycles. The molecule has 43 heavy (non-hydrogen) atoms. The summed E-state index contributed by atoms with van der Waals surface area (Å²) in [7, 11) is 1.53. The second-order valence-corrected chi connectivity index (χ2v) is 12.0. The molecule has 4 rings (SSSR count). The number of hydrogen-bond acceptors (Lipinski definition) is 8. The largest absolute Gasteiger partial charge is 0.492 e. The second-order valence-electron chi connectivity index (χ2n) is 10.9. The van der Waals surface area contributed by atoms with Crippen molar-refractivity contribution in [3.05, 3.63) is 60.6 Å². The predicted molar refractivity (Wildman–Crippen MR) is 170 cm³/mol. The van der Waals surface area contributed by atoms with Crippen molar-refractivity contribution in [1.82, 2.24) is 30.4 Å². The standard InChI is InChI=1S/C31H37N7O4Si/c1-20(35-30(40)42-31(2,3)4)28(39)32-10-11-41-26-15-22(24-18-34-38(5)19-24)14-25(16-26)36-29-33-17-23-13-21(9-12-43-6)7-8-27(23)37-29/h7-8,13-20H,10-11,43H2,1-6H3,(H,32,39)(H,35,40)(H,33,36,37). The molecule has 3 N–H and O–H groups in total. The van der Waals surface area contributed by atoms with Crippen LogP contribution in [-0.4, -0.2) is 66.1 Å². The second kappa shape index (κ2) is 13.8. The number of carbonyl (C=O) groups excluding carboxylic acids is 2. The van der Waals surface area contributed by atoms with Gasteiger partial charge in [-0.05, 0) is 63.6 Å². The van der Waals surface area contributed by atoms with E-state index in [-0.39, 0.29) is 28.6 Å². The number of fused-ring (bicyclic) bond motifs is 1. The number of nitrogens with one attached hydrogen (secondary N) is 3. The minimum Gasteiger partial charge on any atom is -0.492 e. The van der Waals surface area contributed by atoms with Gasteiger partial charge in [-0.3, -0.25) is 9.48 Å². The third-order valence-corrected chi connectivity index (χ3v) is 6.52. The number of hydrogen-bond donors (Lipinski definition) is 3. The Morgan fingerprint density at radius 1 is 1.12 bits per heavy atom. The lowest BCUT2D eigenvalue weighted by atomic mass is 10.1. The van der Waals surface area contributed by atoms with Gasteiger partial charge in [-0.2, -0.15) is 5.10 Å². The Morgan fingerprint density at radius 2 is 1.93 bits per heavy atom. The molecule has 1 unspecified atom stereocenters. The van der Waals surface area contributed by atoms with Crippen LogP contribution in [0.4, 0.5) is 16.4 Å². The van der Waals surface area contributed by atoms with E-state index in [4.69, 9.17) is 9.47 Å². The van der Waals surface area contributed by atoms with E-state index in [1.807, 2.05) is 49.6 Å². The number of nitrogens with zero attached hydrogens (tertiary/aromatic N) is 4. The first-order chi connectivity index (χ1) is 20.5. The van der Waals surface area contributed by atoms with E-state index in [2.05, 4.69) is 49.0 Å². The maximum Gasteiger partial charge on any atom is 0.408 e. The van der Waals surface area contributed by atoms with Gasteiger partial charge in [-0.15, -0.1) is 5.54 Å². The van der Waals surface area contributed by atoms with Crippen LogP contribution in [0.3, 0.4) is 0 Å². The summed E-state index contributed by atoms with van der Waals surface area (Å²) in [6, 6.07) is 10.9. The van der Waals surface area contributed by atoms with Crippen LogP contribution in [0, 0.1) is 11.5 Å². The molecule has 0 aliphatic heterocycles. The van der Waals surface area contributed by atoms with Gasteiger partial charge in [0, 0.05) is 47.7 Å². The van der Waals surface area contributed by atoms with Crippen LogP contribution in [0.5, 0.6) is 5.75 Å². The fraction of sp³-hybridized carbons (Fsp3) is 0.323. The number of amides is 2. The molecular weight excluding hydrogens is 562 g/mol. The van der Waals surface area contributed by atoms with Crippen molar-refractivity contribution in [3.8, 4) is 28.3 Å². The van der Waals surface area contributed by atoms with E-state index in [0.29, 0.717) is 11.7 Å². The highest BCUT2D eigenvalue weighted by Gasteiger charge is 2.20. The number of aryl methyl sites for hydroxylation is 1. The Kier molecular flexibility index (Phi) is 10.00. The lowest BCUT2D eigenvalue weighted by molar-refractivity contribution is -0.122. The fourth-order valence-corrected chi connectivity index (χ4v) is 4.41. The average molecular weight is 600 g/mol. The number of anilines is 2. The fourth-order valence-electron chi connectivity index (χ4n) is 4.03. The summed E-state index contributed by atoms with van der Waals surface area (Å²) in [4.78, 5) is 33.6. The van der Waals surface area contributed by atoms with Gasteiger partial charge in [0.05, 0.1) is 18.3 Å². The van der Waals surface area contributed by atoms with Gasteiger partial charge < -0.3 is 25.4 Å². The Bertz CT molecular complexity index is 1670. The van der Waals surface area contributed by atoms with E-state index in [9.17, 15) is 9.59 Å². The molecule has 0 radical (unpaired) electrons. The van der Waals surface area contributed by atoms with Gasteiger partial charge in [0.1, 0.15) is 33.5 Å². The topological polar surface area (TPSA) is 132 Å². The van der Waals surface area contributed by atoms with Crippen molar-refractivity contribution >= 4 is 44.1 Å². The van der Waals surface area contributed by atoms with Gasteiger partial charge in [-0.1, -0.05) is 12.5 Å². The molecule has 2 amide bonds. The first kappa shape index (κ1) is 31.1. The Morgan fingerprint density at radius 3 is 2.65 bits per heavy atom. The van der Waals surface area contributed by atoms with Crippen molar-refractivity contribution in [2.45, 2.75) is 45.9 Å². The molecular formula is C31H37N7O4Si. The third kappa shape index (κ3) is 9.31. The summed E-state index contributed by atoms with van der Waals surface area (Å²) in [5.74, 6) is 3.88. The molecule has 12 heteroatoms. The van der Waals surface area contributed by atoms with Crippen LogP contribution >= 0.6 is 0 Å². The maximum atomic E-state index is 12.4. The molecule has 2 aromatic heterocycles. The molecule has 0 bridgehead atoms. The monoisotopic (exact) mass is 599 g/mol. The highest BCUT2D eigenvalue weighted by molar-refractivity contribution is 6.44. The van der Waals surface area contributed by atoms with Gasteiger partial charge in [0.25, 0.3) is 0 Å². The van der Waals surface area contributed by atoms with Gasteiger partial charge in [0.2, 0.25) is 11.9 Å². The first-order valence-electron chi connectivity index (χ1n) is 14.1. The summed E-state index contributed by atoms with van der Waals surface area (Å²) in [5, 5.41) is 13.8. The van der Waals surface area contributed by atoms with Gasteiger partial charge in [0.15, 0.2) is 0 Å². The lowest BCUT2D eigenvalue weighted by Crippen LogP contribution is -2.47.